The number of carboxylic acid groups (broad SMARTS) is 1. The fourth-order valence-electron chi connectivity index (χ4n) is 2.79. The van der Waals surface area contributed by atoms with Crippen LogP contribution in [-0.2, 0) is 6.61 Å². The molecule has 4 rings (SSSR count). The van der Waals surface area contributed by atoms with E-state index in [4.69, 9.17) is 9.26 Å². The van der Waals surface area contributed by atoms with Gasteiger partial charge in [0.05, 0.1) is 11.1 Å². The Bertz CT molecular complexity index is 1200. The molecule has 0 saturated heterocycles. The monoisotopic (exact) mass is 395 g/mol. The number of fused-ring (bicyclic) bond motifs is 1. The molecule has 2 heterocycles. The second kappa shape index (κ2) is 7.15. The maximum atomic E-state index is 11.2. The highest BCUT2D eigenvalue weighted by Gasteiger charge is 2.17. The van der Waals surface area contributed by atoms with Crippen molar-refractivity contribution in [2.75, 3.05) is 19.0 Å². The van der Waals surface area contributed by atoms with Crippen molar-refractivity contribution in [2.24, 2.45) is 0 Å². The van der Waals surface area contributed by atoms with Crippen molar-refractivity contribution < 1.29 is 24.3 Å². The molecule has 3 N–H and O–H groups in total. The molecule has 10 heteroatoms. The van der Waals surface area contributed by atoms with Gasteiger partial charge in [-0.1, -0.05) is 12.1 Å². The van der Waals surface area contributed by atoms with E-state index >= 15 is 0 Å². The summed E-state index contributed by atoms with van der Waals surface area (Å²) in [5.41, 5.74) is 1.42. The van der Waals surface area contributed by atoms with Crippen LogP contribution in [0.5, 0.6) is 11.5 Å². The molecule has 0 aliphatic carbocycles. The third kappa shape index (κ3) is 3.43. The maximum absolute atomic E-state index is 11.2. The Morgan fingerprint density at radius 2 is 2.10 bits per heavy atom. The van der Waals surface area contributed by atoms with Crippen LogP contribution in [0.15, 0.2) is 40.9 Å². The van der Waals surface area contributed by atoms with Gasteiger partial charge in [-0.3, -0.25) is 5.10 Å². The Hall–Kier alpha value is -4.08. The fraction of sp³-hybridized carbons (Fsp3) is 0.158. The highest BCUT2D eigenvalue weighted by atomic mass is 16.5. The summed E-state index contributed by atoms with van der Waals surface area (Å²) in [5.74, 6) is -0.131. The van der Waals surface area contributed by atoms with Crippen molar-refractivity contribution in [3.05, 3.63) is 47.7 Å². The quantitative estimate of drug-likeness (QED) is 0.450. The fourth-order valence-corrected chi connectivity index (χ4v) is 2.79. The lowest BCUT2D eigenvalue weighted by atomic mass is 10.1. The molecule has 2 aromatic heterocycles. The highest BCUT2D eigenvalue weighted by Crippen LogP contribution is 2.33. The van der Waals surface area contributed by atoms with Crippen molar-refractivity contribution >= 4 is 22.8 Å². The highest BCUT2D eigenvalue weighted by molar-refractivity contribution is 6.01. The predicted octanol–water partition coefficient (Wildman–Crippen LogP) is 2.66. The van der Waals surface area contributed by atoms with Crippen LogP contribution in [0, 0.1) is 0 Å². The van der Waals surface area contributed by atoms with Gasteiger partial charge in [-0.2, -0.15) is 10.1 Å². The first-order valence-corrected chi connectivity index (χ1v) is 8.60. The number of nitrogens with one attached hydrogen (secondary N) is 1. The molecule has 0 spiro atoms. The number of benzene rings is 2. The number of aromatic hydroxyl groups is 1. The average molecular weight is 395 g/mol. The molecule has 0 aliphatic heterocycles. The summed E-state index contributed by atoms with van der Waals surface area (Å²) in [6.07, 6.45) is 0. The molecule has 0 atom stereocenters. The van der Waals surface area contributed by atoms with Gasteiger partial charge in [-0.25, -0.2) is 4.79 Å². The zero-order valence-electron chi connectivity index (χ0n) is 15.6. The lowest BCUT2D eigenvalue weighted by Gasteiger charge is -2.10. The first-order chi connectivity index (χ1) is 13.9. The zero-order valence-corrected chi connectivity index (χ0v) is 15.6. The van der Waals surface area contributed by atoms with Gasteiger partial charge in [0, 0.05) is 25.0 Å². The van der Waals surface area contributed by atoms with E-state index in [1.807, 2.05) is 0 Å². The van der Waals surface area contributed by atoms with Crippen LogP contribution in [0.25, 0.3) is 22.4 Å². The second-order valence-electron chi connectivity index (χ2n) is 6.48. The molecular weight excluding hydrogens is 378 g/mol. The van der Waals surface area contributed by atoms with Gasteiger partial charge in [0.2, 0.25) is 0 Å². The van der Waals surface area contributed by atoms with Gasteiger partial charge < -0.3 is 24.4 Å². The maximum Gasteiger partial charge on any atom is 0.357 e. The predicted molar refractivity (Wildman–Crippen MR) is 103 cm³/mol. The van der Waals surface area contributed by atoms with Gasteiger partial charge in [0.1, 0.15) is 18.1 Å². The average Bonchev–Trinajstić information content (AvgIpc) is 3.34. The van der Waals surface area contributed by atoms with Gasteiger partial charge in [-0.05, 0) is 29.4 Å². The van der Waals surface area contributed by atoms with Gasteiger partial charge in [-0.15, -0.1) is 0 Å². The van der Waals surface area contributed by atoms with E-state index in [0.717, 1.165) is 0 Å². The van der Waals surface area contributed by atoms with Crippen molar-refractivity contribution in [3.8, 4) is 23.0 Å². The normalized spacial score (nSPS) is 11.0. The van der Waals surface area contributed by atoms with Gasteiger partial charge in [0.25, 0.3) is 11.8 Å². The molecule has 148 valence electrons. The summed E-state index contributed by atoms with van der Waals surface area (Å²) in [6.45, 7) is 0.0557. The third-order valence-corrected chi connectivity index (χ3v) is 4.30. The van der Waals surface area contributed by atoms with Gasteiger partial charge >= 0.3 is 5.97 Å². The van der Waals surface area contributed by atoms with E-state index < -0.39 is 5.97 Å². The van der Waals surface area contributed by atoms with Crippen LogP contribution < -0.4 is 9.64 Å². The molecule has 0 radical (unpaired) electrons. The summed E-state index contributed by atoms with van der Waals surface area (Å²) < 4.78 is 11.0. The molecule has 29 heavy (non-hydrogen) atoms. The number of rotatable bonds is 6. The summed E-state index contributed by atoms with van der Waals surface area (Å²) in [4.78, 5) is 17.2. The molecule has 10 nitrogen and oxygen atoms in total. The van der Waals surface area contributed by atoms with Crippen LogP contribution in [-0.4, -0.2) is 50.6 Å². The van der Waals surface area contributed by atoms with E-state index in [2.05, 4.69) is 20.3 Å². The van der Waals surface area contributed by atoms with Crippen molar-refractivity contribution in [1.82, 2.24) is 20.3 Å². The number of aromatic carboxylic acids is 1. The van der Waals surface area contributed by atoms with Crippen molar-refractivity contribution in [2.45, 2.75) is 6.61 Å². The molecular formula is C19H17N5O5. The molecule has 4 aromatic rings. The molecule has 0 aliphatic rings. The number of nitrogens with zero attached hydrogens (tertiary/aromatic N) is 4. The number of H-pyrrole nitrogens is 1. The first-order valence-electron chi connectivity index (χ1n) is 8.60. The van der Waals surface area contributed by atoms with E-state index in [1.165, 1.54) is 0 Å². The Morgan fingerprint density at radius 3 is 2.83 bits per heavy atom. The van der Waals surface area contributed by atoms with Crippen LogP contribution in [0.3, 0.4) is 0 Å². The summed E-state index contributed by atoms with van der Waals surface area (Å²) in [6, 6.07) is 10.1. The minimum Gasteiger partial charge on any atom is -0.507 e. The van der Waals surface area contributed by atoms with E-state index in [0.29, 0.717) is 33.7 Å². The summed E-state index contributed by atoms with van der Waals surface area (Å²) in [5, 5.41) is 30.5. The lowest BCUT2D eigenvalue weighted by molar-refractivity contribution is 0.0692. The number of aromatic amines is 1. The van der Waals surface area contributed by atoms with E-state index in [9.17, 15) is 15.0 Å². The number of aromatic nitrogens is 4. The molecule has 0 amide bonds. The zero-order chi connectivity index (χ0) is 20.5. The topological polar surface area (TPSA) is 138 Å². The van der Waals surface area contributed by atoms with Gasteiger partial charge in [0.15, 0.2) is 5.69 Å². The first kappa shape index (κ1) is 18.3. The number of phenols is 1. The Labute approximate surface area is 164 Å². The lowest BCUT2D eigenvalue weighted by Crippen LogP contribution is -2.10. The van der Waals surface area contributed by atoms with Crippen molar-refractivity contribution in [1.29, 1.82) is 0 Å². The Kier molecular flexibility index (Phi) is 4.51. The van der Waals surface area contributed by atoms with Crippen LogP contribution >= 0.6 is 0 Å². The minimum atomic E-state index is -1.13. The summed E-state index contributed by atoms with van der Waals surface area (Å²) >= 11 is 0. The number of hydrogen-bond acceptors (Lipinski definition) is 8. The van der Waals surface area contributed by atoms with E-state index in [1.54, 1.807) is 55.4 Å². The Morgan fingerprint density at radius 1 is 1.28 bits per heavy atom. The van der Waals surface area contributed by atoms with E-state index in [-0.39, 0.29) is 23.9 Å². The van der Waals surface area contributed by atoms with Crippen molar-refractivity contribution in [3.63, 3.8) is 0 Å². The number of carbonyl (C=O) groups is 1. The number of ether oxygens (including phenoxy) is 1. The number of carboxylic acids is 1. The number of hydrogen-bond donors (Lipinski definition) is 3. The second-order valence-corrected chi connectivity index (χ2v) is 6.48. The molecule has 0 saturated carbocycles. The summed E-state index contributed by atoms with van der Waals surface area (Å²) in [7, 11) is 3.57. The smallest absolute Gasteiger partial charge is 0.357 e. The number of anilines is 1. The number of para-hydroxylation sites is 1. The molecule has 0 unspecified atom stereocenters. The standard InChI is InChI=1S/C19H17N5O5/c1-24(2)19-20-17(29-23-19)12-5-3-4-10(16(12)25)9-28-11-6-7-14-13(8-11)15(18(26)27)22-21-14/h3-8,25H,9H2,1-2H3,(H,21,22)(H,26,27). The third-order valence-electron chi connectivity index (χ3n) is 4.30. The largest absolute Gasteiger partial charge is 0.507 e. The molecule has 2 aromatic carbocycles. The minimum absolute atomic E-state index is 0.0305. The molecule has 0 bridgehead atoms. The van der Waals surface area contributed by atoms with Crippen LogP contribution in [0.4, 0.5) is 5.95 Å². The van der Waals surface area contributed by atoms with Crippen LogP contribution in [0.2, 0.25) is 0 Å². The Balaban J connectivity index is 1.58. The SMILES string of the molecule is CN(C)c1noc(-c2cccc(COc3ccc4[nH]nc(C(=O)O)c4c3)c2O)n1. The molecule has 0 fully saturated rings. The number of phenolic OH excluding ortho intramolecular Hbond substituents is 1. The van der Waals surface area contributed by atoms with Crippen LogP contribution in [0.1, 0.15) is 16.1 Å².